The van der Waals surface area contributed by atoms with Crippen molar-refractivity contribution in [2.24, 2.45) is 0 Å². The molecule has 0 spiro atoms. The van der Waals surface area contributed by atoms with Crippen LogP contribution < -0.4 is 10.0 Å². The fraction of sp³-hybridized carbons (Fsp3) is 0.538. The third-order valence-electron chi connectivity index (χ3n) is 3.36. The summed E-state index contributed by atoms with van der Waals surface area (Å²) in [5.41, 5.74) is 0.343. The van der Waals surface area contributed by atoms with E-state index in [1.54, 1.807) is 6.07 Å². The van der Waals surface area contributed by atoms with E-state index in [0.717, 1.165) is 19.3 Å². The first-order chi connectivity index (χ1) is 9.44. The first-order valence-corrected chi connectivity index (χ1v) is 8.92. The van der Waals surface area contributed by atoms with Crippen molar-refractivity contribution >= 4 is 26.0 Å². The van der Waals surface area contributed by atoms with Crippen LogP contribution in [0.5, 0.6) is 0 Å². The molecule has 1 saturated carbocycles. The molecular weight excluding hydrogens is 347 g/mol. The van der Waals surface area contributed by atoms with Crippen LogP contribution in [0.4, 0.5) is 4.39 Å². The van der Waals surface area contributed by atoms with Gasteiger partial charge in [0.15, 0.2) is 0 Å². The van der Waals surface area contributed by atoms with Gasteiger partial charge in [-0.1, -0.05) is 29.3 Å². The summed E-state index contributed by atoms with van der Waals surface area (Å²) < 4.78 is 42.0. The highest BCUT2D eigenvalue weighted by atomic mass is 79.9. The lowest BCUT2D eigenvalue weighted by Crippen LogP contribution is -2.39. The molecule has 0 atom stereocenters. The third-order valence-corrected chi connectivity index (χ3v) is 5.34. The van der Waals surface area contributed by atoms with Gasteiger partial charge >= 0.3 is 0 Å². The van der Waals surface area contributed by atoms with Crippen LogP contribution >= 0.6 is 15.9 Å². The van der Waals surface area contributed by atoms with E-state index in [4.69, 9.17) is 0 Å². The van der Waals surface area contributed by atoms with Crippen molar-refractivity contribution in [3.05, 3.63) is 28.0 Å². The Labute approximate surface area is 127 Å². The Kier molecular flexibility index (Phi) is 5.17. The highest BCUT2D eigenvalue weighted by Gasteiger charge is 2.28. The molecule has 7 heteroatoms. The maximum absolute atomic E-state index is 14.4. The molecule has 0 radical (unpaired) electrons. The molecule has 0 aromatic heterocycles. The lowest BCUT2D eigenvalue weighted by molar-refractivity contribution is 0.382. The number of hydrogen-bond donors (Lipinski definition) is 2. The molecule has 1 aliphatic rings. The summed E-state index contributed by atoms with van der Waals surface area (Å²) in [4.78, 5) is -0.285. The van der Waals surface area contributed by atoms with Crippen LogP contribution in [0.1, 0.15) is 31.7 Å². The zero-order valence-corrected chi connectivity index (χ0v) is 13.7. The summed E-state index contributed by atoms with van der Waals surface area (Å²) >= 11 is 3.24. The Morgan fingerprint density at radius 3 is 2.65 bits per heavy atom. The topological polar surface area (TPSA) is 58.2 Å². The number of sulfonamides is 1. The lowest BCUT2D eigenvalue weighted by Gasteiger charge is -2.26. The molecule has 1 aromatic rings. The van der Waals surface area contributed by atoms with E-state index in [1.807, 2.05) is 6.92 Å². The van der Waals surface area contributed by atoms with Crippen LogP contribution in [0.3, 0.4) is 0 Å². The Bertz CT molecular complexity index is 588. The fourth-order valence-corrected chi connectivity index (χ4v) is 4.12. The number of rotatable bonds is 6. The average molecular weight is 365 g/mol. The Hall–Kier alpha value is -0.500. The number of hydrogen-bond acceptors (Lipinski definition) is 3. The van der Waals surface area contributed by atoms with Crippen LogP contribution in [0.2, 0.25) is 0 Å². The number of halogens is 2. The quantitative estimate of drug-likeness (QED) is 0.815. The molecule has 0 heterocycles. The first-order valence-electron chi connectivity index (χ1n) is 6.65. The van der Waals surface area contributed by atoms with E-state index in [-0.39, 0.29) is 10.9 Å². The zero-order valence-electron chi connectivity index (χ0n) is 11.2. The van der Waals surface area contributed by atoms with E-state index in [2.05, 4.69) is 26.0 Å². The Balaban J connectivity index is 2.31. The van der Waals surface area contributed by atoms with Gasteiger partial charge in [-0.15, -0.1) is 0 Å². The molecule has 0 bridgehead atoms. The molecule has 1 aromatic carbocycles. The molecule has 1 fully saturated rings. The predicted molar refractivity (Wildman–Crippen MR) is 79.4 cm³/mol. The monoisotopic (exact) mass is 364 g/mol. The summed E-state index contributed by atoms with van der Waals surface area (Å²) in [7, 11) is -3.80. The van der Waals surface area contributed by atoms with Crippen molar-refractivity contribution in [3.63, 3.8) is 0 Å². The van der Waals surface area contributed by atoms with Gasteiger partial charge in [-0.2, -0.15) is 0 Å². The Morgan fingerprint density at radius 1 is 1.40 bits per heavy atom. The SMILES string of the molecule is CCNCc1cc(Br)cc(S(=O)(=O)NC2CCC2)c1F. The molecule has 0 aliphatic heterocycles. The van der Waals surface area contributed by atoms with E-state index in [9.17, 15) is 12.8 Å². The average Bonchev–Trinajstić information content (AvgIpc) is 2.34. The smallest absolute Gasteiger partial charge is 0.243 e. The van der Waals surface area contributed by atoms with Crippen LogP contribution in [-0.4, -0.2) is 21.0 Å². The fourth-order valence-electron chi connectivity index (χ4n) is 2.01. The molecule has 112 valence electrons. The van der Waals surface area contributed by atoms with Crippen molar-refractivity contribution in [1.29, 1.82) is 0 Å². The van der Waals surface area contributed by atoms with Gasteiger partial charge in [-0.25, -0.2) is 17.5 Å². The normalized spacial score (nSPS) is 16.1. The second-order valence-corrected chi connectivity index (χ2v) is 7.50. The number of nitrogens with one attached hydrogen (secondary N) is 2. The molecule has 20 heavy (non-hydrogen) atoms. The highest BCUT2D eigenvalue weighted by molar-refractivity contribution is 9.10. The molecular formula is C13H18BrFN2O2S. The van der Waals surface area contributed by atoms with Crippen molar-refractivity contribution in [3.8, 4) is 0 Å². The maximum Gasteiger partial charge on any atom is 0.243 e. The van der Waals surface area contributed by atoms with Gasteiger partial charge in [0, 0.05) is 22.6 Å². The minimum absolute atomic E-state index is 0.0596. The van der Waals surface area contributed by atoms with E-state index >= 15 is 0 Å². The second kappa shape index (κ2) is 6.51. The van der Waals surface area contributed by atoms with Crippen LogP contribution in [0.15, 0.2) is 21.5 Å². The van der Waals surface area contributed by atoms with Crippen molar-refractivity contribution in [1.82, 2.24) is 10.0 Å². The summed E-state index contributed by atoms with van der Waals surface area (Å²) in [5.74, 6) is -0.680. The van der Waals surface area contributed by atoms with Crippen LogP contribution in [0, 0.1) is 5.82 Å². The van der Waals surface area contributed by atoms with Crippen molar-refractivity contribution in [2.45, 2.75) is 43.7 Å². The van der Waals surface area contributed by atoms with E-state index in [1.165, 1.54) is 6.07 Å². The minimum atomic E-state index is -3.80. The van der Waals surface area contributed by atoms with E-state index < -0.39 is 15.8 Å². The van der Waals surface area contributed by atoms with Gasteiger partial charge in [-0.05, 0) is 31.5 Å². The molecule has 0 amide bonds. The first kappa shape index (κ1) is 15.9. The van der Waals surface area contributed by atoms with Gasteiger partial charge in [0.2, 0.25) is 10.0 Å². The molecule has 2 N–H and O–H groups in total. The van der Waals surface area contributed by atoms with Crippen LogP contribution in [-0.2, 0) is 16.6 Å². The third kappa shape index (κ3) is 3.58. The molecule has 0 saturated heterocycles. The summed E-state index contributed by atoms with van der Waals surface area (Å²) in [5, 5.41) is 3.00. The van der Waals surface area contributed by atoms with Crippen LogP contribution in [0.25, 0.3) is 0 Å². The zero-order chi connectivity index (χ0) is 14.8. The van der Waals surface area contributed by atoms with Gasteiger partial charge in [-0.3, -0.25) is 0 Å². The van der Waals surface area contributed by atoms with E-state index in [0.29, 0.717) is 23.1 Å². The standard InChI is InChI=1S/C13H18BrFN2O2S/c1-2-16-8-9-6-10(14)7-12(13(9)15)20(18,19)17-11-4-3-5-11/h6-7,11,16-17H,2-5,8H2,1H3. The van der Waals surface area contributed by atoms with Gasteiger partial charge in [0.25, 0.3) is 0 Å². The summed E-state index contributed by atoms with van der Waals surface area (Å²) in [6.45, 7) is 2.90. The van der Waals surface area contributed by atoms with Gasteiger partial charge in [0.1, 0.15) is 10.7 Å². The highest BCUT2D eigenvalue weighted by Crippen LogP contribution is 2.26. The molecule has 0 unspecified atom stereocenters. The molecule has 2 rings (SSSR count). The molecule has 4 nitrogen and oxygen atoms in total. The second-order valence-electron chi connectivity index (χ2n) is 4.91. The van der Waals surface area contributed by atoms with Gasteiger partial charge < -0.3 is 5.32 Å². The lowest BCUT2D eigenvalue weighted by atomic mass is 9.94. The van der Waals surface area contributed by atoms with Gasteiger partial charge in [0.05, 0.1) is 0 Å². The molecule has 1 aliphatic carbocycles. The maximum atomic E-state index is 14.4. The summed E-state index contributed by atoms with van der Waals surface area (Å²) in [6.07, 6.45) is 2.65. The largest absolute Gasteiger partial charge is 0.313 e. The summed E-state index contributed by atoms with van der Waals surface area (Å²) in [6, 6.07) is 2.85. The van der Waals surface area contributed by atoms with Crippen molar-refractivity contribution < 1.29 is 12.8 Å². The minimum Gasteiger partial charge on any atom is -0.313 e. The van der Waals surface area contributed by atoms with Crippen molar-refractivity contribution in [2.75, 3.05) is 6.54 Å². The Morgan fingerprint density at radius 2 is 2.10 bits per heavy atom. The predicted octanol–water partition coefficient (Wildman–Crippen LogP) is 2.53. The number of benzene rings is 1.